The molecule has 2 heterocycles. The van der Waals surface area contributed by atoms with E-state index in [4.69, 9.17) is 9.47 Å². The number of hydrogen-bond donors (Lipinski definition) is 1. The Balaban J connectivity index is 1.82. The number of nitrogens with one attached hydrogen (secondary N) is 1. The van der Waals surface area contributed by atoms with Gasteiger partial charge in [0.05, 0.1) is 29.4 Å². The SMILES string of the molecule is COC(=O)c1c(C)[nH]c(C(=O)C(C)OC(=O)Cn2c(C(F)(F)F)nc3ccccc32)c1C. The average molecular weight is 451 g/mol. The number of aryl methyl sites for hydroxylation is 1. The number of benzene rings is 1. The van der Waals surface area contributed by atoms with Crippen LogP contribution in [0.1, 0.15) is 44.9 Å². The summed E-state index contributed by atoms with van der Waals surface area (Å²) in [5.41, 5.74) is 1.14. The molecule has 3 aromatic rings. The molecule has 170 valence electrons. The fraction of sp³-hybridized carbons (Fsp3) is 0.333. The van der Waals surface area contributed by atoms with Gasteiger partial charge in [-0.15, -0.1) is 0 Å². The van der Waals surface area contributed by atoms with Gasteiger partial charge in [0.25, 0.3) is 0 Å². The Labute approximate surface area is 180 Å². The van der Waals surface area contributed by atoms with Crippen LogP contribution < -0.4 is 0 Å². The number of para-hydroxylation sites is 2. The van der Waals surface area contributed by atoms with Gasteiger partial charge in [-0.2, -0.15) is 13.2 Å². The number of fused-ring (bicyclic) bond motifs is 1. The summed E-state index contributed by atoms with van der Waals surface area (Å²) >= 11 is 0. The van der Waals surface area contributed by atoms with Gasteiger partial charge in [0.1, 0.15) is 6.54 Å². The Morgan fingerprint density at radius 3 is 2.47 bits per heavy atom. The fourth-order valence-corrected chi connectivity index (χ4v) is 3.48. The summed E-state index contributed by atoms with van der Waals surface area (Å²) in [6.45, 7) is 3.62. The van der Waals surface area contributed by atoms with E-state index in [1.165, 1.54) is 45.2 Å². The summed E-state index contributed by atoms with van der Waals surface area (Å²) < 4.78 is 50.7. The van der Waals surface area contributed by atoms with Gasteiger partial charge in [-0.1, -0.05) is 12.1 Å². The highest BCUT2D eigenvalue weighted by atomic mass is 19.4. The predicted molar refractivity (Wildman–Crippen MR) is 106 cm³/mol. The zero-order chi connectivity index (χ0) is 23.8. The second kappa shape index (κ2) is 8.48. The van der Waals surface area contributed by atoms with Gasteiger partial charge in [-0.05, 0) is 38.5 Å². The lowest BCUT2D eigenvalue weighted by Gasteiger charge is -2.14. The number of nitrogens with zero attached hydrogens (tertiary/aromatic N) is 2. The van der Waals surface area contributed by atoms with Crippen molar-refractivity contribution in [2.75, 3.05) is 7.11 Å². The average Bonchev–Trinajstić information content (AvgIpc) is 3.24. The molecule has 0 aliphatic carbocycles. The molecule has 0 saturated heterocycles. The molecule has 3 rings (SSSR count). The number of aromatic amines is 1. The Morgan fingerprint density at radius 2 is 1.84 bits per heavy atom. The third-order valence-electron chi connectivity index (χ3n) is 4.95. The van der Waals surface area contributed by atoms with Gasteiger partial charge in [-0.3, -0.25) is 9.59 Å². The first-order valence-corrected chi connectivity index (χ1v) is 9.49. The third-order valence-corrected chi connectivity index (χ3v) is 4.95. The topological polar surface area (TPSA) is 103 Å². The minimum absolute atomic E-state index is 0.0484. The van der Waals surface area contributed by atoms with Crippen molar-refractivity contribution < 1.29 is 37.0 Å². The highest BCUT2D eigenvalue weighted by Crippen LogP contribution is 2.31. The largest absolute Gasteiger partial charge is 0.465 e. The van der Waals surface area contributed by atoms with Crippen LogP contribution in [0.5, 0.6) is 0 Å². The molecular weight excluding hydrogens is 431 g/mol. The van der Waals surface area contributed by atoms with Crippen molar-refractivity contribution in [3.05, 3.63) is 52.6 Å². The van der Waals surface area contributed by atoms with Crippen LogP contribution in [0.3, 0.4) is 0 Å². The number of ketones is 1. The standard InChI is InChI=1S/C21H20F3N3O5/c1-10-16(19(30)31-4)11(2)25-17(10)18(29)12(3)32-15(28)9-27-14-8-6-5-7-13(14)26-20(27)21(22,23)24/h5-8,12,25H,9H2,1-4H3. The lowest BCUT2D eigenvalue weighted by Crippen LogP contribution is -2.28. The van der Waals surface area contributed by atoms with Crippen molar-refractivity contribution in [3.8, 4) is 0 Å². The Hall–Kier alpha value is -3.63. The number of methoxy groups -OCH3 is 1. The zero-order valence-corrected chi connectivity index (χ0v) is 17.7. The van der Waals surface area contributed by atoms with E-state index < -0.39 is 42.4 Å². The number of esters is 2. The molecule has 1 N–H and O–H groups in total. The van der Waals surface area contributed by atoms with Crippen molar-refractivity contribution >= 4 is 28.8 Å². The van der Waals surface area contributed by atoms with Crippen LogP contribution in [0, 0.1) is 13.8 Å². The number of rotatable bonds is 6. The van der Waals surface area contributed by atoms with E-state index in [9.17, 15) is 27.6 Å². The van der Waals surface area contributed by atoms with Crippen molar-refractivity contribution in [2.24, 2.45) is 0 Å². The number of carbonyl (C=O) groups excluding carboxylic acids is 3. The van der Waals surface area contributed by atoms with Gasteiger partial charge in [0, 0.05) is 5.69 Å². The molecule has 0 saturated carbocycles. The van der Waals surface area contributed by atoms with Gasteiger partial charge in [-0.25, -0.2) is 9.78 Å². The quantitative estimate of drug-likeness (QED) is 0.454. The number of carbonyl (C=O) groups is 3. The summed E-state index contributed by atoms with van der Waals surface area (Å²) in [6.07, 6.45) is -6.10. The maximum absolute atomic E-state index is 13.4. The summed E-state index contributed by atoms with van der Waals surface area (Å²) in [5.74, 6) is -3.56. The fourth-order valence-electron chi connectivity index (χ4n) is 3.48. The second-order valence-electron chi connectivity index (χ2n) is 7.12. The molecule has 2 aromatic heterocycles. The summed E-state index contributed by atoms with van der Waals surface area (Å²) in [4.78, 5) is 43.4. The molecule has 0 amide bonds. The highest BCUT2D eigenvalue weighted by molar-refractivity contribution is 6.04. The predicted octanol–water partition coefficient (Wildman–Crippen LogP) is 3.60. The molecule has 8 nitrogen and oxygen atoms in total. The first-order chi connectivity index (χ1) is 15.0. The summed E-state index contributed by atoms with van der Waals surface area (Å²) in [5, 5.41) is 0. The third kappa shape index (κ3) is 4.23. The second-order valence-corrected chi connectivity index (χ2v) is 7.12. The molecule has 1 aromatic carbocycles. The molecule has 0 radical (unpaired) electrons. The van der Waals surface area contributed by atoms with Gasteiger partial charge in [0.2, 0.25) is 11.6 Å². The van der Waals surface area contributed by atoms with Crippen LogP contribution >= 0.6 is 0 Å². The molecule has 0 aliphatic rings. The van der Waals surface area contributed by atoms with Crippen molar-refractivity contribution in [1.29, 1.82) is 0 Å². The minimum Gasteiger partial charge on any atom is -0.465 e. The normalized spacial score (nSPS) is 12.6. The Morgan fingerprint density at radius 1 is 1.19 bits per heavy atom. The highest BCUT2D eigenvalue weighted by Gasteiger charge is 2.38. The monoisotopic (exact) mass is 451 g/mol. The number of halogens is 3. The minimum atomic E-state index is -4.79. The van der Waals surface area contributed by atoms with Crippen molar-refractivity contribution in [2.45, 2.75) is 39.6 Å². The molecule has 0 spiro atoms. The van der Waals surface area contributed by atoms with E-state index in [0.717, 1.165) is 0 Å². The van der Waals surface area contributed by atoms with Crippen LogP contribution in [0.15, 0.2) is 24.3 Å². The number of imidazole rings is 1. The van der Waals surface area contributed by atoms with E-state index in [0.29, 0.717) is 15.8 Å². The molecular formula is C21H20F3N3O5. The smallest absolute Gasteiger partial charge is 0.449 e. The number of aromatic nitrogens is 3. The number of hydrogen-bond acceptors (Lipinski definition) is 6. The number of Topliss-reactive ketones (excluding diaryl/α,β-unsaturated/α-hetero) is 1. The van der Waals surface area contributed by atoms with Crippen molar-refractivity contribution in [1.82, 2.24) is 14.5 Å². The van der Waals surface area contributed by atoms with Crippen LogP contribution in [0.4, 0.5) is 13.2 Å². The van der Waals surface area contributed by atoms with Gasteiger partial charge >= 0.3 is 18.1 Å². The number of H-pyrrole nitrogens is 1. The molecule has 0 fully saturated rings. The Kier molecular flexibility index (Phi) is 6.11. The lowest BCUT2D eigenvalue weighted by molar-refractivity contribution is -0.152. The van der Waals surface area contributed by atoms with E-state index in [1.807, 2.05) is 0 Å². The zero-order valence-electron chi connectivity index (χ0n) is 17.7. The van der Waals surface area contributed by atoms with E-state index in [1.54, 1.807) is 6.92 Å². The van der Waals surface area contributed by atoms with E-state index in [2.05, 4.69) is 9.97 Å². The van der Waals surface area contributed by atoms with Crippen LogP contribution in [-0.4, -0.2) is 45.5 Å². The van der Waals surface area contributed by atoms with Crippen molar-refractivity contribution in [3.63, 3.8) is 0 Å². The van der Waals surface area contributed by atoms with Gasteiger partial charge < -0.3 is 19.0 Å². The van der Waals surface area contributed by atoms with E-state index >= 15 is 0 Å². The van der Waals surface area contributed by atoms with Gasteiger partial charge in [0.15, 0.2) is 6.10 Å². The molecule has 1 unspecified atom stereocenters. The van der Waals surface area contributed by atoms with E-state index in [-0.39, 0.29) is 22.3 Å². The first kappa shape index (κ1) is 23.0. The molecule has 1 atom stereocenters. The molecule has 32 heavy (non-hydrogen) atoms. The summed E-state index contributed by atoms with van der Waals surface area (Å²) in [6, 6.07) is 5.85. The molecule has 0 bridgehead atoms. The lowest BCUT2D eigenvalue weighted by atomic mass is 10.1. The summed E-state index contributed by atoms with van der Waals surface area (Å²) in [7, 11) is 1.20. The maximum atomic E-state index is 13.4. The first-order valence-electron chi connectivity index (χ1n) is 9.49. The number of ether oxygens (including phenoxy) is 2. The molecule has 0 aliphatic heterocycles. The number of alkyl halides is 3. The Bertz CT molecular complexity index is 1210. The van der Waals surface area contributed by atoms with Crippen LogP contribution in [0.2, 0.25) is 0 Å². The van der Waals surface area contributed by atoms with Crippen LogP contribution in [-0.2, 0) is 27.0 Å². The maximum Gasteiger partial charge on any atom is 0.449 e. The van der Waals surface area contributed by atoms with Crippen LogP contribution in [0.25, 0.3) is 11.0 Å². The molecule has 11 heteroatoms.